The van der Waals surface area contributed by atoms with Gasteiger partial charge in [0.05, 0.1) is 13.2 Å². The zero-order chi connectivity index (χ0) is 14.6. The SMILES string of the molecule is COc1ccc2c(c1)CC[C@@H]1[C@H]2CC[C@]2(C)C[C@H](O)C[C@@H]12. The number of hydrogen-bond acceptors (Lipinski definition) is 2. The van der Waals surface area contributed by atoms with Crippen molar-refractivity contribution in [3.05, 3.63) is 29.3 Å². The van der Waals surface area contributed by atoms with E-state index in [1.807, 2.05) is 0 Å². The van der Waals surface area contributed by atoms with Crippen molar-refractivity contribution in [1.82, 2.24) is 0 Å². The molecule has 4 rings (SSSR count). The second-order valence-electron chi connectivity index (χ2n) is 7.77. The predicted molar refractivity (Wildman–Crippen MR) is 83.6 cm³/mol. The number of fused-ring (bicyclic) bond motifs is 5. The number of aliphatic hydroxyl groups is 1. The standard InChI is InChI=1S/C19H26O2/c1-19-8-7-16-15-6-4-14(21-2)9-12(15)3-5-17(16)18(19)10-13(20)11-19/h4,6,9,13,16-18,20H,3,5,7-8,10-11H2,1-2H3/t13-,16+,17-,18+,19-/m1/s1. The smallest absolute Gasteiger partial charge is 0.119 e. The monoisotopic (exact) mass is 286 g/mol. The highest BCUT2D eigenvalue weighted by atomic mass is 16.5. The van der Waals surface area contributed by atoms with E-state index >= 15 is 0 Å². The molecule has 0 heterocycles. The summed E-state index contributed by atoms with van der Waals surface area (Å²) in [6.07, 6.45) is 7.04. The molecule has 0 aromatic heterocycles. The molecule has 1 aromatic rings. The van der Waals surface area contributed by atoms with Crippen molar-refractivity contribution >= 4 is 0 Å². The Morgan fingerprint density at radius 1 is 1.29 bits per heavy atom. The zero-order valence-electron chi connectivity index (χ0n) is 13.1. The zero-order valence-corrected chi connectivity index (χ0v) is 13.1. The highest BCUT2D eigenvalue weighted by Gasteiger charge is 2.52. The quantitative estimate of drug-likeness (QED) is 0.848. The lowest BCUT2D eigenvalue weighted by atomic mass is 9.56. The second kappa shape index (κ2) is 4.74. The molecule has 1 aromatic carbocycles. The summed E-state index contributed by atoms with van der Waals surface area (Å²) in [7, 11) is 1.75. The van der Waals surface area contributed by atoms with E-state index in [9.17, 15) is 5.11 Å². The molecule has 2 saturated carbocycles. The lowest BCUT2D eigenvalue weighted by Gasteiger charge is -2.49. The second-order valence-corrected chi connectivity index (χ2v) is 7.77. The molecule has 5 atom stereocenters. The first-order valence-corrected chi connectivity index (χ1v) is 8.45. The fraction of sp³-hybridized carbons (Fsp3) is 0.684. The number of rotatable bonds is 1. The molecule has 2 heteroatoms. The summed E-state index contributed by atoms with van der Waals surface area (Å²) in [6.45, 7) is 2.42. The lowest BCUT2D eigenvalue weighted by molar-refractivity contribution is 0.0596. The fourth-order valence-electron chi connectivity index (χ4n) is 5.71. The third kappa shape index (κ3) is 2.03. The van der Waals surface area contributed by atoms with E-state index in [1.165, 1.54) is 31.2 Å². The van der Waals surface area contributed by atoms with Gasteiger partial charge in [-0.2, -0.15) is 0 Å². The van der Waals surface area contributed by atoms with Crippen molar-refractivity contribution in [3.63, 3.8) is 0 Å². The predicted octanol–water partition coefficient (Wildman–Crippen LogP) is 3.91. The average molecular weight is 286 g/mol. The number of hydrogen-bond donors (Lipinski definition) is 1. The number of aliphatic hydroxyl groups excluding tert-OH is 1. The summed E-state index contributed by atoms with van der Waals surface area (Å²) >= 11 is 0. The van der Waals surface area contributed by atoms with E-state index in [0.29, 0.717) is 11.3 Å². The van der Waals surface area contributed by atoms with Crippen molar-refractivity contribution in [2.45, 2.75) is 57.5 Å². The maximum absolute atomic E-state index is 10.2. The summed E-state index contributed by atoms with van der Waals surface area (Å²) in [4.78, 5) is 0. The van der Waals surface area contributed by atoms with E-state index in [4.69, 9.17) is 4.74 Å². The summed E-state index contributed by atoms with van der Waals surface area (Å²) in [5, 5.41) is 10.2. The summed E-state index contributed by atoms with van der Waals surface area (Å²) in [6, 6.07) is 6.67. The van der Waals surface area contributed by atoms with Crippen LogP contribution in [0.25, 0.3) is 0 Å². The van der Waals surface area contributed by atoms with Gasteiger partial charge < -0.3 is 9.84 Å². The van der Waals surface area contributed by atoms with Gasteiger partial charge in [0.15, 0.2) is 0 Å². The lowest BCUT2D eigenvalue weighted by Crippen LogP contribution is -2.39. The molecular weight excluding hydrogens is 260 g/mol. The van der Waals surface area contributed by atoms with Crippen molar-refractivity contribution in [3.8, 4) is 5.75 Å². The van der Waals surface area contributed by atoms with Gasteiger partial charge in [0, 0.05) is 0 Å². The molecule has 3 aliphatic rings. The minimum atomic E-state index is -0.0592. The van der Waals surface area contributed by atoms with Gasteiger partial charge in [-0.3, -0.25) is 0 Å². The molecule has 1 N–H and O–H groups in total. The molecule has 0 saturated heterocycles. The molecule has 0 radical (unpaired) electrons. The minimum absolute atomic E-state index is 0.0592. The molecule has 2 fully saturated rings. The number of benzene rings is 1. The van der Waals surface area contributed by atoms with Crippen molar-refractivity contribution < 1.29 is 9.84 Å². The maximum Gasteiger partial charge on any atom is 0.119 e. The molecular formula is C19H26O2. The summed E-state index contributed by atoms with van der Waals surface area (Å²) < 4.78 is 5.38. The Labute approximate surface area is 127 Å². The molecule has 21 heavy (non-hydrogen) atoms. The molecule has 3 aliphatic carbocycles. The van der Waals surface area contributed by atoms with E-state index in [1.54, 1.807) is 12.7 Å². The Kier molecular flexibility index (Phi) is 3.08. The Bertz CT molecular complexity index is 552. The van der Waals surface area contributed by atoms with Crippen LogP contribution in [0.4, 0.5) is 0 Å². The molecule has 2 nitrogen and oxygen atoms in total. The van der Waals surface area contributed by atoms with Crippen LogP contribution in [0.3, 0.4) is 0 Å². The third-order valence-electron chi connectivity index (χ3n) is 6.68. The largest absolute Gasteiger partial charge is 0.497 e. The van der Waals surface area contributed by atoms with Crippen LogP contribution < -0.4 is 4.74 Å². The van der Waals surface area contributed by atoms with E-state index < -0.39 is 0 Å². The normalized spacial score (nSPS) is 41.1. The molecule has 0 bridgehead atoms. The van der Waals surface area contributed by atoms with Gasteiger partial charge >= 0.3 is 0 Å². The first-order chi connectivity index (χ1) is 10.1. The molecule has 114 valence electrons. The molecule has 0 amide bonds. The van der Waals surface area contributed by atoms with Gasteiger partial charge in [-0.05, 0) is 85.0 Å². The number of methoxy groups -OCH3 is 1. The average Bonchev–Trinajstić information content (AvgIpc) is 2.80. The van der Waals surface area contributed by atoms with Crippen LogP contribution in [-0.4, -0.2) is 18.3 Å². The fourth-order valence-corrected chi connectivity index (χ4v) is 5.71. The Morgan fingerprint density at radius 3 is 2.95 bits per heavy atom. The minimum Gasteiger partial charge on any atom is -0.497 e. The highest BCUT2D eigenvalue weighted by Crippen LogP contribution is 2.60. The van der Waals surface area contributed by atoms with Gasteiger partial charge in [0.1, 0.15) is 5.75 Å². The van der Waals surface area contributed by atoms with Crippen molar-refractivity contribution in [2.75, 3.05) is 7.11 Å². The van der Waals surface area contributed by atoms with Gasteiger partial charge in [0.2, 0.25) is 0 Å². The van der Waals surface area contributed by atoms with Crippen LogP contribution in [-0.2, 0) is 6.42 Å². The van der Waals surface area contributed by atoms with E-state index in [-0.39, 0.29) is 6.10 Å². The van der Waals surface area contributed by atoms with Crippen LogP contribution in [0.15, 0.2) is 18.2 Å². The Balaban J connectivity index is 1.68. The van der Waals surface area contributed by atoms with Crippen LogP contribution in [0, 0.1) is 17.3 Å². The topological polar surface area (TPSA) is 29.5 Å². The van der Waals surface area contributed by atoms with E-state index in [2.05, 4.69) is 25.1 Å². The van der Waals surface area contributed by atoms with Gasteiger partial charge in [0.25, 0.3) is 0 Å². The van der Waals surface area contributed by atoms with Crippen LogP contribution in [0.1, 0.15) is 56.1 Å². The van der Waals surface area contributed by atoms with Crippen molar-refractivity contribution in [1.29, 1.82) is 0 Å². The summed E-state index contributed by atoms with van der Waals surface area (Å²) in [5.74, 6) is 3.20. The van der Waals surface area contributed by atoms with Gasteiger partial charge in [-0.15, -0.1) is 0 Å². The molecule has 0 spiro atoms. The first kappa shape index (κ1) is 13.6. The first-order valence-electron chi connectivity index (χ1n) is 8.45. The highest BCUT2D eigenvalue weighted by molar-refractivity contribution is 5.40. The van der Waals surface area contributed by atoms with Gasteiger partial charge in [-0.25, -0.2) is 0 Å². The summed E-state index contributed by atoms with van der Waals surface area (Å²) in [5.41, 5.74) is 3.46. The van der Waals surface area contributed by atoms with Crippen LogP contribution in [0.5, 0.6) is 5.75 Å². The Hall–Kier alpha value is -1.02. The molecule has 0 unspecified atom stereocenters. The van der Waals surface area contributed by atoms with Crippen LogP contribution >= 0.6 is 0 Å². The van der Waals surface area contributed by atoms with Gasteiger partial charge in [-0.1, -0.05) is 13.0 Å². The maximum atomic E-state index is 10.2. The Morgan fingerprint density at radius 2 is 2.14 bits per heavy atom. The van der Waals surface area contributed by atoms with E-state index in [0.717, 1.165) is 30.4 Å². The third-order valence-corrected chi connectivity index (χ3v) is 6.68. The van der Waals surface area contributed by atoms with Crippen molar-refractivity contribution in [2.24, 2.45) is 17.3 Å². The van der Waals surface area contributed by atoms with Crippen LogP contribution in [0.2, 0.25) is 0 Å². The molecule has 0 aliphatic heterocycles. The number of ether oxygens (including phenoxy) is 1. The number of aryl methyl sites for hydroxylation is 1.